The molecule has 0 spiro atoms. The molecule has 3 aromatic rings. The Morgan fingerprint density at radius 2 is 2.27 bits per heavy atom. The molecule has 0 atom stereocenters. The standard InChI is InChI=1S/C17H12ClN3O/c1-22-17-4-5-20-9-12(17)6-11(8-19)15-10-21-16-3-2-13(18)7-14(15)16/h2-7,9-10,21H,1H3/b11-6+. The predicted octanol–water partition coefficient (Wildman–Crippen LogP) is 4.29. The number of nitrogens with one attached hydrogen (secondary N) is 1. The van der Waals surface area contributed by atoms with Crippen molar-refractivity contribution in [3.8, 4) is 11.8 Å². The van der Waals surface area contributed by atoms with Gasteiger partial charge in [-0.15, -0.1) is 0 Å². The molecule has 108 valence electrons. The van der Waals surface area contributed by atoms with Crippen LogP contribution in [0.25, 0.3) is 22.6 Å². The zero-order chi connectivity index (χ0) is 15.5. The Labute approximate surface area is 132 Å². The van der Waals surface area contributed by atoms with Gasteiger partial charge in [0.1, 0.15) is 5.75 Å². The van der Waals surface area contributed by atoms with Crippen LogP contribution in [-0.4, -0.2) is 17.1 Å². The second kappa shape index (κ2) is 5.92. The molecule has 5 heteroatoms. The fourth-order valence-electron chi connectivity index (χ4n) is 2.33. The van der Waals surface area contributed by atoms with E-state index in [4.69, 9.17) is 16.3 Å². The third-order valence-electron chi connectivity index (χ3n) is 3.38. The van der Waals surface area contributed by atoms with Crippen LogP contribution in [0.3, 0.4) is 0 Å². The van der Waals surface area contributed by atoms with Gasteiger partial charge in [0.25, 0.3) is 0 Å². The van der Waals surface area contributed by atoms with Crippen LogP contribution in [0.15, 0.2) is 42.9 Å². The third-order valence-corrected chi connectivity index (χ3v) is 3.62. The Kier molecular flexibility index (Phi) is 3.82. The number of halogens is 1. The van der Waals surface area contributed by atoms with E-state index >= 15 is 0 Å². The fourth-order valence-corrected chi connectivity index (χ4v) is 2.50. The second-order valence-corrected chi connectivity index (χ2v) is 5.12. The van der Waals surface area contributed by atoms with Crippen molar-refractivity contribution in [2.24, 2.45) is 0 Å². The first-order chi connectivity index (χ1) is 10.7. The third kappa shape index (κ3) is 2.54. The number of hydrogen-bond donors (Lipinski definition) is 1. The minimum Gasteiger partial charge on any atom is -0.496 e. The highest BCUT2D eigenvalue weighted by Gasteiger charge is 2.10. The number of methoxy groups -OCH3 is 1. The number of nitrogens with zero attached hydrogens (tertiary/aromatic N) is 2. The Morgan fingerprint density at radius 1 is 1.41 bits per heavy atom. The summed E-state index contributed by atoms with van der Waals surface area (Å²) < 4.78 is 5.29. The topological polar surface area (TPSA) is 61.7 Å². The van der Waals surface area contributed by atoms with Crippen molar-refractivity contribution >= 4 is 34.2 Å². The summed E-state index contributed by atoms with van der Waals surface area (Å²) in [7, 11) is 1.59. The van der Waals surface area contributed by atoms with Gasteiger partial charge in [-0.3, -0.25) is 4.98 Å². The molecule has 0 fully saturated rings. The molecule has 0 bridgehead atoms. The van der Waals surface area contributed by atoms with Crippen molar-refractivity contribution in [2.75, 3.05) is 7.11 Å². The molecule has 0 amide bonds. The zero-order valence-corrected chi connectivity index (χ0v) is 12.6. The summed E-state index contributed by atoms with van der Waals surface area (Å²) in [5.41, 5.74) is 2.99. The molecular weight excluding hydrogens is 298 g/mol. The summed E-state index contributed by atoms with van der Waals surface area (Å²) in [6, 6.07) is 9.53. The highest BCUT2D eigenvalue weighted by Crippen LogP contribution is 2.30. The molecule has 0 unspecified atom stereocenters. The Hall–Kier alpha value is -2.77. The van der Waals surface area contributed by atoms with Crippen molar-refractivity contribution < 1.29 is 4.74 Å². The average molecular weight is 310 g/mol. The Morgan fingerprint density at radius 3 is 3.05 bits per heavy atom. The van der Waals surface area contributed by atoms with E-state index in [1.807, 2.05) is 18.2 Å². The Bertz CT molecular complexity index is 906. The minimum absolute atomic E-state index is 0.514. The van der Waals surface area contributed by atoms with Crippen LogP contribution in [0.4, 0.5) is 0 Å². The number of allylic oxidation sites excluding steroid dienone is 1. The van der Waals surface area contributed by atoms with Crippen molar-refractivity contribution in [1.29, 1.82) is 5.26 Å². The number of aromatic amines is 1. The molecule has 2 aromatic heterocycles. The maximum absolute atomic E-state index is 9.53. The van der Waals surface area contributed by atoms with Gasteiger partial charge in [0.05, 0.1) is 18.8 Å². The lowest BCUT2D eigenvalue weighted by Gasteiger charge is -2.04. The maximum Gasteiger partial charge on any atom is 0.129 e. The van der Waals surface area contributed by atoms with E-state index in [0.29, 0.717) is 16.3 Å². The largest absolute Gasteiger partial charge is 0.496 e. The van der Waals surface area contributed by atoms with Crippen molar-refractivity contribution in [3.05, 3.63) is 59.0 Å². The molecule has 1 N–H and O–H groups in total. The molecule has 0 aliphatic rings. The number of aromatic nitrogens is 2. The zero-order valence-electron chi connectivity index (χ0n) is 11.8. The minimum atomic E-state index is 0.514. The molecule has 22 heavy (non-hydrogen) atoms. The van der Waals surface area contributed by atoms with Gasteiger partial charge < -0.3 is 9.72 Å². The van der Waals surface area contributed by atoms with Crippen LogP contribution in [0, 0.1) is 11.3 Å². The van der Waals surface area contributed by atoms with E-state index in [0.717, 1.165) is 22.0 Å². The van der Waals surface area contributed by atoms with Crippen molar-refractivity contribution in [2.45, 2.75) is 0 Å². The van der Waals surface area contributed by atoms with Crippen LogP contribution in [0.1, 0.15) is 11.1 Å². The van der Waals surface area contributed by atoms with Gasteiger partial charge in [0.2, 0.25) is 0 Å². The monoisotopic (exact) mass is 309 g/mol. The number of fused-ring (bicyclic) bond motifs is 1. The van der Waals surface area contributed by atoms with Crippen LogP contribution in [-0.2, 0) is 0 Å². The molecule has 3 rings (SSSR count). The second-order valence-electron chi connectivity index (χ2n) is 4.68. The number of ether oxygens (including phenoxy) is 1. The molecule has 0 aliphatic carbocycles. The lowest BCUT2D eigenvalue weighted by molar-refractivity contribution is 0.413. The summed E-state index contributed by atoms with van der Waals surface area (Å²) in [5, 5.41) is 11.1. The maximum atomic E-state index is 9.53. The normalized spacial score (nSPS) is 11.4. The molecule has 2 heterocycles. The van der Waals surface area contributed by atoms with Crippen LogP contribution in [0.2, 0.25) is 5.02 Å². The lowest BCUT2D eigenvalue weighted by Crippen LogP contribution is -1.88. The molecule has 0 saturated heterocycles. The van der Waals surface area contributed by atoms with E-state index in [1.165, 1.54) is 0 Å². The summed E-state index contributed by atoms with van der Waals surface area (Å²) in [4.78, 5) is 7.22. The highest BCUT2D eigenvalue weighted by molar-refractivity contribution is 6.31. The van der Waals surface area contributed by atoms with Crippen molar-refractivity contribution in [3.63, 3.8) is 0 Å². The van der Waals surface area contributed by atoms with Crippen LogP contribution >= 0.6 is 11.6 Å². The molecule has 4 nitrogen and oxygen atoms in total. The lowest BCUT2D eigenvalue weighted by atomic mass is 10.0. The van der Waals surface area contributed by atoms with E-state index < -0.39 is 0 Å². The molecule has 1 aromatic carbocycles. The number of nitriles is 1. The van der Waals surface area contributed by atoms with Gasteiger partial charge in [-0.25, -0.2) is 0 Å². The predicted molar refractivity (Wildman–Crippen MR) is 87.6 cm³/mol. The first-order valence-corrected chi connectivity index (χ1v) is 6.97. The average Bonchev–Trinajstić information content (AvgIpc) is 2.95. The number of H-pyrrole nitrogens is 1. The number of benzene rings is 1. The first-order valence-electron chi connectivity index (χ1n) is 6.59. The van der Waals surface area contributed by atoms with Gasteiger partial charge in [0.15, 0.2) is 0 Å². The summed E-state index contributed by atoms with van der Waals surface area (Å²) in [5.74, 6) is 0.667. The fraction of sp³-hybridized carbons (Fsp3) is 0.0588. The van der Waals surface area contributed by atoms with Gasteiger partial charge in [0, 0.05) is 45.6 Å². The van der Waals surface area contributed by atoms with Gasteiger partial charge in [-0.2, -0.15) is 5.26 Å². The van der Waals surface area contributed by atoms with Crippen LogP contribution < -0.4 is 4.74 Å². The van der Waals surface area contributed by atoms with Crippen LogP contribution in [0.5, 0.6) is 5.75 Å². The molecular formula is C17H12ClN3O. The summed E-state index contributed by atoms with van der Waals surface area (Å²) >= 11 is 6.06. The number of hydrogen-bond acceptors (Lipinski definition) is 3. The van der Waals surface area contributed by atoms with Gasteiger partial charge >= 0.3 is 0 Å². The van der Waals surface area contributed by atoms with E-state index in [1.54, 1.807) is 37.8 Å². The first kappa shape index (κ1) is 14.2. The quantitative estimate of drug-likeness (QED) is 0.734. The smallest absolute Gasteiger partial charge is 0.129 e. The highest BCUT2D eigenvalue weighted by atomic mass is 35.5. The number of pyridine rings is 1. The Balaban J connectivity index is 2.16. The van der Waals surface area contributed by atoms with Gasteiger partial charge in [-0.1, -0.05) is 11.6 Å². The van der Waals surface area contributed by atoms with E-state index in [2.05, 4.69) is 16.0 Å². The molecule has 0 radical (unpaired) electrons. The molecule has 0 aliphatic heterocycles. The SMILES string of the molecule is COc1ccncc1/C=C(\C#N)c1c[nH]c2ccc(Cl)cc12. The summed E-state index contributed by atoms with van der Waals surface area (Å²) in [6.45, 7) is 0. The van der Waals surface area contributed by atoms with Gasteiger partial charge in [-0.05, 0) is 30.3 Å². The van der Waals surface area contributed by atoms with E-state index in [-0.39, 0.29) is 0 Å². The summed E-state index contributed by atoms with van der Waals surface area (Å²) in [6.07, 6.45) is 6.87. The molecule has 0 saturated carbocycles. The van der Waals surface area contributed by atoms with Crippen molar-refractivity contribution in [1.82, 2.24) is 9.97 Å². The number of rotatable bonds is 3. The van der Waals surface area contributed by atoms with E-state index in [9.17, 15) is 5.26 Å².